The minimum atomic E-state index is -1.18. The van der Waals surface area contributed by atoms with Crippen LogP contribution in [0, 0.1) is 25.2 Å². The molecule has 272 valence electrons. The Hall–Kier alpha value is -5.24. The predicted octanol–water partition coefficient (Wildman–Crippen LogP) is 7.55. The number of carboxylic acid groups (broad SMARTS) is 1. The van der Waals surface area contributed by atoms with Crippen LogP contribution < -0.4 is 20.1 Å². The van der Waals surface area contributed by atoms with Crippen LogP contribution >= 0.6 is 11.6 Å². The number of hydrogen-bond donors (Lipinski definition) is 4. The Morgan fingerprint density at radius 3 is 2.40 bits per heavy atom. The van der Waals surface area contributed by atoms with Crippen LogP contribution in [0.2, 0.25) is 5.02 Å². The number of aliphatic hydroxyl groups is 1. The Balaban J connectivity index is 1.22. The van der Waals surface area contributed by atoms with Crippen molar-refractivity contribution in [2.75, 3.05) is 13.2 Å². The molecule has 2 atom stereocenters. The van der Waals surface area contributed by atoms with E-state index in [0.717, 1.165) is 35.2 Å². The molecule has 53 heavy (non-hydrogen) atoms. The molecule has 6 rings (SSSR count). The van der Waals surface area contributed by atoms with Gasteiger partial charge in [-0.3, -0.25) is 15.1 Å². The number of nitrogens with one attached hydrogen (secondary N) is 2. The minimum absolute atomic E-state index is 0.0605. The number of aliphatic hydroxyl groups excluding tert-OH is 1. The monoisotopic (exact) mass is 730 g/mol. The summed E-state index contributed by atoms with van der Waals surface area (Å²) in [5.74, 6) is -0.384. The zero-order valence-corrected chi connectivity index (χ0v) is 30.6. The summed E-state index contributed by atoms with van der Waals surface area (Å²) in [5, 5.41) is 34.9. The molecule has 10 heteroatoms. The maximum absolute atomic E-state index is 11.5. The molecule has 0 spiro atoms. The third-order valence-electron chi connectivity index (χ3n) is 9.82. The van der Waals surface area contributed by atoms with Gasteiger partial charge in [-0.25, -0.2) is 0 Å². The molecule has 1 aromatic heterocycles. The maximum Gasteiger partial charge on any atom is 0.323 e. The van der Waals surface area contributed by atoms with Crippen LogP contribution in [0.1, 0.15) is 51.8 Å². The average Bonchev–Trinajstić information content (AvgIpc) is 3.68. The quantitative estimate of drug-likeness (QED) is 0.0861. The van der Waals surface area contributed by atoms with Gasteiger partial charge in [-0.2, -0.15) is 5.26 Å². The molecule has 0 bridgehead atoms. The lowest BCUT2D eigenvalue weighted by atomic mass is 9.89. The molecule has 1 aliphatic heterocycles. The van der Waals surface area contributed by atoms with Crippen LogP contribution in [-0.4, -0.2) is 46.4 Å². The second kappa shape index (κ2) is 17.5. The fourth-order valence-electron chi connectivity index (χ4n) is 6.77. The van der Waals surface area contributed by atoms with Crippen molar-refractivity contribution < 1.29 is 24.5 Å². The first-order chi connectivity index (χ1) is 25.7. The highest BCUT2D eigenvalue weighted by molar-refractivity contribution is 6.32. The molecule has 1 aliphatic rings. The highest BCUT2D eigenvalue weighted by atomic mass is 35.5. The summed E-state index contributed by atoms with van der Waals surface area (Å²) < 4.78 is 12.5. The van der Waals surface area contributed by atoms with Crippen molar-refractivity contribution >= 4 is 17.6 Å². The zero-order valence-electron chi connectivity index (χ0n) is 29.9. The Morgan fingerprint density at radius 1 is 0.943 bits per heavy atom. The van der Waals surface area contributed by atoms with Gasteiger partial charge >= 0.3 is 5.97 Å². The van der Waals surface area contributed by atoms with Crippen molar-refractivity contribution in [2.45, 2.75) is 65.0 Å². The van der Waals surface area contributed by atoms with E-state index >= 15 is 0 Å². The largest absolute Gasteiger partial charge is 0.488 e. The van der Waals surface area contributed by atoms with Gasteiger partial charge in [0.2, 0.25) is 0 Å². The van der Waals surface area contributed by atoms with E-state index in [2.05, 4.69) is 84.1 Å². The fraction of sp³-hybridized carbons (Fsp3) is 0.279. The topological polar surface area (TPSA) is 137 Å². The number of benzene rings is 4. The number of aliphatic carboxylic acids is 1. The molecule has 1 fully saturated rings. The highest BCUT2D eigenvalue weighted by Gasteiger charge is 2.19. The second-order valence-corrected chi connectivity index (χ2v) is 13.8. The molecule has 2 unspecified atom stereocenters. The van der Waals surface area contributed by atoms with Gasteiger partial charge in [-0.1, -0.05) is 72.3 Å². The van der Waals surface area contributed by atoms with Crippen LogP contribution in [0.25, 0.3) is 22.3 Å². The molecule has 5 aromatic rings. The molecule has 9 nitrogen and oxygen atoms in total. The van der Waals surface area contributed by atoms with Crippen LogP contribution in [0.4, 0.5) is 0 Å². The molecule has 0 aliphatic carbocycles. The number of nitrogens with zero attached hydrogens (tertiary/aromatic N) is 2. The van der Waals surface area contributed by atoms with Gasteiger partial charge in [0.05, 0.1) is 17.2 Å². The molecule has 0 radical (unpaired) electrons. The van der Waals surface area contributed by atoms with E-state index in [1.807, 2.05) is 12.1 Å². The van der Waals surface area contributed by atoms with E-state index in [1.165, 1.54) is 41.3 Å². The summed E-state index contributed by atoms with van der Waals surface area (Å²) >= 11 is 6.73. The molecular weight excluding hydrogens is 688 g/mol. The van der Waals surface area contributed by atoms with E-state index in [9.17, 15) is 20.3 Å². The number of pyridine rings is 1. The Labute approximate surface area is 315 Å². The smallest absolute Gasteiger partial charge is 0.323 e. The number of hydrogen-bond acceptors (Lipinski definition) is 8. The lowest BCUT2D eigenvalue weighted by molar-refractivity contribution is -0.140. The van der Waals surface area contributed by atoms with Crippen LogP contribution in [0.3, 0.4) is 0 Å². The third-order valence-corrected chi connectivity index (χ3v) is 10.1. The number of aromatic nitrogens is 1. The second-order valence-electron chi connectivity index (χ2n) is 13.4. The number of nitriles is 1. The van der Waals surface area contributed by atoms with Gasteiger partial charge in [0.1, 0.15) is 36.8 Å². The number of halogens is 1. The van der Waals surface area contributed by atoms with E-state index < -0.39 is 18.6 Å². The number of carboxylic acids is 1. The standard InChI is InChI=1S/C43H43ClN4O5/c1-27-33(6-3-9-37(27)38-10-4-8-36(28(38)2)32-13-11-29(12-14-32)17-35-7-5-15-47-35)26-53-42-19-41(52-25-31-16-30(20-45)21-46-22-31)34(18-39(42)44)23-48-40(24-49)43(50)51/h3-4,6,8-14,16,18-19,21-22,35,40,47-49H,5,7,15,17,23-26H2,1-2H3,(H,50,51). The average molecular weight is 731 g/mol. The van der Waals surface area contributed by atoms with E-state index in [0.29, 0.717) is 39.3 Å². The lowest BCUT2D eigenvalue weighted by Crippen LogP contribution is -2.39. The highest BCUT2D eigenvalue weighted by Crippen LogP contribution is 2.37. The molecular formula is C43H43ClN4O5. The van der Waals surface area contributed by atoms with Crippen LogP contribution in [-0.2, 0) is 31.0 Å². The van der Waals surface area contributed by atoms with Crippen molar-refractivity contribution in [1.82, 2.24) is 15.6 Å². The molecule has 0 amide bonds. The van der Waals surface area contributed by atoms with E-state index in [1.54, 1.807) is 24.4 Å². The lowest BCUT2D eigenvalue weighted by Gasteiger charge is -2.19. The van der Waals surface area contributed by atoms with E-state index in [4.69, 9.17) is 21.1 Å². The van der Waals surface area contributed by atoms with E-state index in [-0.39, 0.29) is 19.8 Å². The Bertz CT molecular complexity index is 2110. The summed E-state index contributed by atoms with van der Waals surface area (Å²) in [5.41, 5.74) is 11.0. The molecule has 1 saturated heterocycles. The van der Waals surface area contributed by atoms with Gasteiger partial charge in [0, 0.05) is 42.2 Å². The first-order valence-corrected chi connectivity index (χ1v) is 18.1. The zero-order chi connectivity index (χ0) is 37.3. The van der Waals surface area contributed by atoms with Crippen LogP contribution in [0.5, 0.6) is 11.5 Å². The van der Waals surface area contributed by atoms with Crippen molar-refractivity contribution in [3.8, 4) is 39.8 Å². The Morgan fingerprint density at radius 2 is 1.68 bits per heavy atom. The van der Waals surface area contributed by atoms with Gasteiger partial charge in [-0.15, -0.1) is 0 Å². The summed E-state index contributed by atoms with van der Waals surface area (Å²) in [7, 11) is 0. The fourth-order valence-corrected chi connectivity index (χ4v) is 7.01. The molecule has 4 N–H and O–H groups in total. The Kier molecular flexibility index (Phi) is 12.4. The summed E-state index contributed by atoms with van der Waals surface area (Å²) in [6.45, 7) is 5.20. The molecule has 2 heterocycles. The molecule has 0 saturated carbocycles. The third kappa shape index (κ3) is 9.23. The number of carbonyl (C=O) groups is 1. The van der Waals surface area contributed by atoms with Crippen molar-refractivity contribution in [3.05, 3.63) is 135 Å². The number of rotatable bonds is 15. The summed E-state index contributed by atoms with van der Waals surface area (Å²) in [4.78, 5) is 15.6. The first-order valence-electron chi connectivity index (χ1n) is 17.7. The van der Waals surface area contributed by atoms with Gasteiger partial charge < -0.3 is 25.0 Å². The van der Waals surface area contributed by atoms with Gasteiger partial charge in [-0.05, 0) is 96.3 Å². The van der Waals surface area contributed by atoms with Gasteiger partial charge in [0.25, 0.3) is 0 Å². The van der Waals surface area contributed by atoms with Crippen molar-refractivity contribution in [1.29, 1.82) is 5.26 Å². The SMILES string of the molecule is Cc1c(COc2cc(OCc3cncc(C#N)c3)c(CNC(CO)C(=O)O)cc2Cl)cccc1-c1cccc(-c2ccc(CC3CCCN3)cc2)c1C. The van der Waals surface area contributed by atoms with Crippen molar-refractivity contribution in [2.24, 2.45) is 0 Å². The van der Waals surface area contributed by atoms with Crippen LogP contribution in [0.15, 0.2) is 91.3 Å². The summed E-state index contributed by atoms with van der Waals surface area (Å²) in [6.07, 6.45) is 6.62. The maximum atomic E-state index is 11.5. The predicted molar refractivity (Wildman–Crippen MR) is 206 cm³/mol. The first kappa shape index (κ1) is 37.5. The molecule has 4 aromatic carbocycles. The van der Waals surface area contributed by atoms with Crippen molar-refractivity contribution in [3.63, 3.8) is 0 Å². The normalized spacial score (nSPS) is 14.4. The number of ether oxygens (including phenoxy) is 2. The summed E-state index contributed by atoms with van der Waals surface area (Å²) in [6, 6.07) is 28.1. The van der Waals surface area contributed by atoms with Gasteiger partial charge in [0.15, 0.2) is 0 Å². The minimum Gasteiger partial charge on any atom is -0.488 e.